The van der Waals surface area contributed by atoms with E-state index in [-0.39, 0.29) is 23.3 Å². The fourth-order valence-electron chi connectivity index (χ4n) is 5.15. The molecule has 1 atom stereocenters. The van der Waals surface area contributed by atoms with E-state index in [9.17, 15) is 9.59 Å². The van der Waals surface area contributed by atoms with Crippen LogP contribution in [0.1, 0.15) is 72.5 Å². The lowest BCUT2D eigenvalue weighted by molar-refractivity contribution is -0.123. The summed E-state index contributed by atoms with van der Waals surface area (Å²) in [6.07, 6.45) is 7.78. The highest BCUT2D eigenvalue weighted by molar-refractivity contribution is 5.92. The third kappa shape index (κ3) is 3.95. The van der Waals surface area contributed by atoms with Gasteiger partial charge in [-0.2, -0.15) is 0 Å². The summed E-state index contributed by atoms with van der Waals surface area (Å²) in [5.41, 5.74) is 1.66. The number of nitrogens with one attached hydrogen (secondary N) is 1. The molecule has 1 unspecified atom stereocenters. The van der Waals surface area contributed by atoms with Gasteiger partial charge in [-0.1, -0.05) is 18.2 Å². The summed E-state index contributed by atoms with van der Waals surface area (Å²) < 4.78 is 11.9. The summed E-state index contributed by atoms with van der Waals surface area (Å²) in [5, 5.41) is 3.19. The Labute approximate surface area is 182 Å². The molecule has 31 heavy (non-hydrogen) atoms. The molecule has 0 bridgehead atoms. The first kappa shape index (κ1) is 20.2. The molecule has 2 aliphatic heterocycles. The zero-order valence-corrected chi connectivity index (χ0v) is 18.1. The molecule has 5 rings (SSSR count). The molecule has 1 aromatic heterocycles. The lowest BCUT2D eigenvalue weighted by Gasteiger charge is -2.46. The number of likely N-dealkylation sites (tertiary alicyclic amines) is 1. The Kier molecular flexibility index (Phi) is 5.24. The Balaban J connectivity index is 1.29. The average Bonchev–Trinajstić information content (AvgIpc) is 3.17. The molecule has 6 heteroatoms. The predicted molar refractivity (Wildman–Crippen MR) is 116 cm³/mol. The van der Waals surface area contributed by atoms with Gasteiger partial charge in [0.1, 0.15) is 11.4 Å². The lowest BCUT2D eigenvalue weighted by Crippen LogP contribution is -2.52. The zero-order valence-electron chi connectivity index (χ0n) is 18.1. The van der Waals surface area contributed by atoms with Crippen molar-refractivity contribution in [2.45, 2.75) is 69.4 Å². The lowest BCUT2D eigenvalue weighted by atomic mass is 9.76. The van der Waals surface area contributed by atoms with Gasteiger partial charge in [0.05, 0.1) is 6.26 Å². The van der Waals surface area contributed by atoms with E-state index < -0.39 is 0 Å². The average molecular weight is 423 g/mol. The van der Waals surface area contributed by atoms with Crippen LogP contribution in [0.4, 0.5) is 0 Å². The molecule has 0 radical (unpaired) electrons. The number of hydrogen-bond acceptors (Lipinski definition) is 4. The number of furan rings is 1. The van der Waals surface area contributed by atoms with Crippen LogP contribution in [-0.4, -0.2) is 41.4 Å². The third-order valence-electron chi connectivity index (χ3n) is 7.22. The maximum absolute atomic E-state index is 12.8. The van der Waals surface area contributed by atoms with E-state index in [0.29, 0.717) is 31.3 Å². The Morgan fingerprint density at radius 1 is 1.16 bits per heavy atom. The van der Waals surface area contributed by atoms with Crippen LogP contribution in [0.2, 0.25) is 0 Å². The summed E-state index contributed by atoms with van der Waals surface area (Å²) in [6.45, 7) is 3.15. The molecule has 1 aliphatic carbocycles. The minimum atomic E-state index is -0.329. The van der Waals surface area contributed by atoms with E-state index >= 15 is 0 Å². The number of carbonyl (C=O) groups excluding carboxylic acids is 2. The van der Waals surface area contributed by atoms with E-state index in [4.69, 9.17) is 9.15 Å². The molecule has 1 spiro atoms. The summed E-state index contributed by atoms with van der Waals surface area (Å²) in [7, 11) is 0. The molecule has 1 aromatic carbocycles. The van der Waals surface area contributed by atoms with E-state index in [0.717, 1.165) is 49.0 Å². The largest absolute Gasteiger partial charge is 0.487 e. The number of benzene rings is 1. The van der Waals surface area contributed by atoms with Gasteiger partial charge >= 0.3 is 0 Å². The van der Waals surface area contributed by atoms with Crippen LogP contribution in [0.25, 0.3) is 0 Å². The van der Waals surface area contributed by atoms with Gasteiger partial charge in [-0.3, -0.25) is 9.59 Å². The van der Waals surface area contributed by atoms with Gasteiger partial charge in [0.15, 0.2) is 5.76 Å². The van der Waals surface area contributed by atoms with Gasteiger partial charge in [0.25, 0.3) is 5.91 Å². The number of ether oxygens (including phenoxy) is 1. The van der Waals surface area contributed by atoms with Crippen LogP contribution in [0, 0.1) is 6.92 Å². The number of fused-ring (bicyclic) bond motifs is 1. The van der Waals surface area contributed by atoms with Gasteiger partial charge in [0.2, 0.25) is 5.91 Å². The Morgan fingerprint density at radius 3 is 2.61 bits per heavy atom. The van der Waals surface area contributed by atoms with Crippen molar-refractivity contribution < 1.29 is 18.7 Å². The standard InChI is InChI=1S/C25H30N2O4/c1-17-9-14-30-23(17)24(29)27-12-10-25(11-13-27)16-18(15-22(28)26-19-5-4-6-19)20-7-2-3-8-21(20)31-25/h2-3,7-9,14,18-19H,4-6,10-13,15-16H2,1H3,(H,26,28). The topological polar surface area (TPSA) is 71.8 Å². The number of hydrogen-bond donors (Lipinski definition) is 1. The molecule has 164 valence electrons. The van der Waals surface area contributed by atoms with Crippen molar-refractivity contribution in [1.29, 1.82) is 0 Å². The normalized spacial score (nSPS) is 22.4. The molecule has 1 saturated heterocycles. The summed E-state index contributed by atoms with van der Waals surface area (Å²) in [5.74, 6) is 1.54. The van der Waals surface area contributed by atoms with Crippen molar-refractivity contribution in [3.8, 4) is 5.75 Å². The molecule has 2 amide bonds. The molecular formula is C25H30N2O4. The first-order chi connectivity index (χ1) is 15.0. The minimum absolute atomic E-state index is 0.0509. The fourth-order valence-corrected chi connectivity index (χ4v) is 5.15. The van der Waals surface area contributed by atoms with E-state index in [2.05, 4.69) is 11.4 Å². The Bertz CT molecular complexity index is 969. The monoisotopic (exact) mass is 422 g/mol. The summed E-state index contributed by atoms with van der Waals surface area (Å²) in [4.78, 5) is 27.4. The second kappa shape index (κ2) is 8.06. The number of carbonyl (C=O) groups is 2. The van der Waals surface area contributed by atoms with Gasteiger partial charge in [0, 0.05) is 49.9 Å². The SMILES string of the molecule is Cc1ccoc1C(=O)N1CCC2(CC1)CC(CC(=O)NC1CCC1)c1ccccc1O2. The van der Waals surface area contributed by atoms with Crippen molar-refractivity contribution in [3.63, 3.8) is 0 Å². The van der Waals surface area contributed by atoms with E-state index in [1.807, 2.05) is 36.1 Å². The van der Waals surface area contributed by atoms with Crippen molar-refractivity contribution in [3.05, 3.63) is 53.5 Å². The molecule has 2 fully saturated rings. The van der Waals surface area contributed by atoms with Crippen LogP contribution < -0.4 is 10.1 Å². The van der Waals surface area contributed by atoms with Gasteiger partial charge in [-0.25, -0.2) is 0 Å². The first-order valence-corrected chi connectivity index (χ1v) is 11.4. The highest BCUT2D eigenvalue weighted by atomic mass is 16.5. The van der Waals surface area contributed by atoms with Gasteiger partial charge in [-0.05, 0) is 50.3 Å². The second-order valence-corrected chi connectivity index (χ2v) is 9.35. The van der Waals surface area contributed by atoms with Crippen molar-refractivity contribution in [2.24, 2.45) is 0 Å². The number of nitrogens with zero attached hydrogens (tertiary/aromatic N) is 1. The number of para-hydroxylation sites is 1. The van der Waals surface area contributed by atoms with E-state index in [1.54, 1.807) is 6.26 Å². The number of rotatable bonds is 4. The Hall–Kier alpha value is -2.76. The summed E-state index contributed by atoms with van der Waals surface area (Å²) >= 11 is 0. The van der Waals surface area contributed by atoms with Crippen molar-refractivity contribution >= 4 is 11.8 Å². The zero-order chi connectivity index (χ0) is 21.4. The Morgan fingerprint density at radius 2 is 1.94 bits per heavy atom. The fraction of sp³-hybridized carbons (Fsp3) is 0.520. The first-order valence-electron chi connectivity index (χ1n) is 11.4. The molecular weight excluding hydrogens is 392 g/mol. The molecule has 6 nitrogen and oxygen atoms in total. The number of piperidine rings is 1. The quantitative estimate of drug-likeness (QED) is 0.802. The van der Waals surface area contributed by atoms with Crippen LogP contribution >= 0.6 is 0 Å². The number of amides is 2. The van der Waals surface area contributed by atoms with Crippen molar-refractivity contribution in [2.75, 3.05) is 13.1 Å². The molecule has 3 heterocycles. The maximum Gasteiger partial charge on any atom is 0.289 e. The van der Waals surface area contributed by atoms with Crippen LogP contribution in [0.15, 0.2) is 41.0 Å². The van der Waals surface area contributed by atoms with Crippen molar-refractivity contribution in [1.82, 2.24) is 10.2 Å². The van der Waals surface area contributed by atoms with E-state index in [1.165, 1.54) is 6.42 Å². The molecule has 1 saturated carbocycles. The summed E-state index contributed by atoms with van der Waals surface area (Å²) in [6, 6.07) is 10.3. The second-order valence-electron chi connectivity index (χ2n) is 9.35. The smallest absolute Gasteiger partial charge is 0.289 e. The number of aryl methyl sites for hydroxylation is 1. The van der Waals surface area contributed by atoms with Gasteiger partial charge < -0.3 is 19.4 Å². The van der Waals surface area contributed by atoms with Crippen LogP contribution in [0.3, 0.4) is 0 Å². The molecule has 1 N–H and O–H groups in total. The van der Waals surface area contributed by atoms with Crippen LogP contribution in [0.5, 0.6) is 5.75 Å². The predicted octanol–water partition coefficient (Wildman–Crippen LogP) is 4.19. The minimum Gasteiger partial charge on any atom is -0.487 e. The molecule has 2 aromatic rings. The third-order valence-corrected chi connectivity index (χ3v) is 7.22. The van der Waals surface area contributed by atoms with Crippen LogP contribution in [-0.2, 0) is 4.79 Å². The van der Waals surface area contributed by atoms with Gasteiger partial charge in [-0.15, -0.1) is 0 Å². The molecule has 3 aliphatic rings. The maximum atomic E-state index is 12.8. The highest BCUT2D eigenvalue weighted by Crippen LogP contribution is 2.46. The highest BCUT2D eigenvalue weighted by Gasteiger charge is 2.44.